The zero-order chi connectivity index (χ0) is 17.7. The Hall–Kier alpha value is -2.06. The van der Waals surface area contributed by atoms with Gasteiger partial charge in [0.2, 0.25) is 11.9 Å². The molecule has 1 heterocycles. The van der Waals surface area contributed by atoms with Crippen molar-refractivity contribution in [2.45, 2.75) is 44.7 Å². The van der Waals surface area contributed by atoms with Gasteiger partial charge in [-0.3, -0.25) is 9.89 Å². The lowest BCUT2D eigenvalue weighted by Crippen LogP contribution is -2.43. The molecule has 0 aliphatic rings. The highest BCUT2D eigenvalue weighted by atomic mass is 19.4. The van der Waals surface area contributed by atoms with Gasteiger partial charge in [-0.2, -0.15) is 18.2 Å². The number of anilines is 1. The Morgan fingerprint density at radius 1 is 1.48 bits per heavy atom. The number of alkyl halides is 3. The zero-order valence-electron chi connectivity index (χ0n) is 13.3. The fourth-order valence-corrected chi connectivity index (χ4v) is 2.14. The van der Waals surface area contributed by atoms with Crippen LogP contribution in [0.1, 0.15) is 38.9 Å². The first kappa shape index (κ1) is 19.0. The van der Waals surface area contributed by atoms with Crippen molar-refractivity contribution in [2.75, 3.05) is 18.8 Å². The van der Waals surface area contributed by atoms with E-state index in [0.717, 1.165) is 0 Å². The van der Waals surface area contributed by atoms with Crippen molar-refractivity contribution in [3.63, 3.8) is 0 Å². The Balaban J connectivity index is 2.87. The molecular weight excluding hydrogens is 311 g/mol. The molecule has 1 atom stereocenters. The SMILES string of the molecule is C=CCN(CC(C)(CC)c1nc(N)n[nH]1)C(=O)CCC(F)(F)F. The van der Waals surface area contributed by atoms with Crippen molar-refractivity contribution in [1.29, 1.82) is 0 Å². The number of H-pyrrole nitrogens is 1. The molecule has 0 saturated heterocycles. The standard InChI is InChI=1S/C14H22F3N5O/c1-4-8-22(10(23)6-7-14(15,16)17)9-13(3,5-2)11-19-12(18)21-20-11/h4H,1,5-9H2,2-3H3,(H3,18,19,20,21). The summed E-state index contributed by atoms with van der Waals surface area (Å²) in [5, 5.41) is 6.48. The molecule has 0 aliphatic heterocycles. The predicted molar refractivity (Wildman–Crippen MR) is 80.5 cm³/mol. The van der Waals surface area contributed by atoms with E-state index in [9.17, 15) is 18.0 Å². The Morgan fingerprint density at radius 3 is 2.57 bits per heavy atom. The molecule has 1 unspecified atom stereocenters. The molecule has 1 aromatic heterocycles. The molecule has 0 radical (unpaired) electrons. The summed E-state index contributed by atoms with van der Waals surface area (Å²) in [6.45, 7) is 7.65. The normalized spacial score (nSPS) is 14.3. The smallest absolute Gasteiger partial charge is 0.367 e. The summed E-state index contributed by atoms with van der Waals surface area (Å²) in [4.78, 5) is 17.5. The van der Waals surface area contributed by atoms with E-state index in [1.54, 1.807) is 0 Å². The van der Waals surface area contributed by atoms with Gasteiger partial charge in [-0.25, -0.2) is 0 Å². The molecule has 0 fully saturated rings. The van der Waals surface area contributed by atoms with Crippen LogP contribution in [0.3, 0.4) is 0 Å². The number of amides is 1. The van der Waals surface area contributed by atoms with Crippen LogP contribution < -0.4 is 5.73 Å². The van der Waals surface area contributed by atoms with Gasteiger partial charge in [-0.05, 0) is 6.42 Å². The highest BCUT2D eigenvalue weighted by molar-refractivity contribution is 5.76. The maximum atomic E-state index is 12.3. The third kappa shape index (κ3) is 5.57. The van der Waals surface area contributed by atoms with Crippen LogP contribution in [-0.2, 0) is 10.2 Å². The van der Waals surface area contributed by atoms with E-state index in [-0.39, 0.29) is 19.0 Å². The minimum Gasteiger partial charge on any atom is -0.367 e. The third-order valence-electron chi connectivity index (χ3n) is 3.72. The number of hydrogen-bond acceptors (Lipinski definition) is 4. The number of rotatable bonds is 8. The predicted octanol–water partition coefficient (Wildman–Crippen LogP) is 2.41. The topological polar surface area (TPSA) is 87.9 Å². The lowest BCUT2D eigenvalue weighted by molar-refractivity contribution is -0.149. The molecule has 0 bridgehead atoms. The fraction of sp³-hybridized carbons (Fsp3) is 0.643. The van der Waals surface area contributed by atoms with E-state index in [4.69, 9.17) is 5.73 Å². The van der Waals surface area contributed by atoms with Crippen molar-refractivity contribution in [3.05, 3.63) is 18.5 Å². The van der Waals surface area contributed by atoms with Crippen molar-refractivity contribution in [3.8, 4) is 0 Å². The van der Waals surface area contributed by atoms with Crippen LogP contribution >= 0.6 is 0 Å². The summed E-state index contributed by atoms with van der Waals surface area (Å²) < 4.78 is 36.9. The van der Waals surface area contributed by atoms with Crippen LogP contribution in [0.4, 0.5) is 19.1 Å². The lowest BCUT2D eigenvalue weighted by Gasteiger charge is -2.33. The average Bonchev–Trinajstić information content (AvgIpc) is 2.90. The molecule has 0 aromatic carbocycles. The fourth-order valence-electron chi connectivity index (χ4n) is 2.14. The largest absolute Gasteiger partial charge is 0.389 e. The number of nitrogens with one attached hydrogen (secondary N) is 1. The minimum atomic E-state index is -4.36. The summed E-state index contributed by atoms with van der Waals surface area (Å²) in [7, 11) is 0. The van der Waals surface area contributed by atoms with Crippen molar-refractivity contribution in [1.82, 2.24) is 20.1 Å². The number of aromatic nitrogens is 3. The van der Waals surface area contributed by atoms with Crippen LogP contribution in [0.2, 0.25) is 0 Å². The Morgan fingerprint density at radius 2 is 2.13 bits per heavy atom. The summed E-state index contributed by atoms with van der Waals surface area (Å²) in [6.07, 6.45) is -4.01. The number of aromatic amines is 1. The average molecular weight is 333 g/mol. The Kier molecular flexibility index (Phi) is 6.17. The monoisotopic (exact) mass is 333 g/mol. The van der Waals surface area contributed by atoms with E-state index in [1.807, 2.05) is 13.8 Å². The molecule has 0 saturated carbocycles. The maximum Gasteiger partial charge on any atom is 0.389 e. The first-order valence-corrected chi connectivity index (χ1v) is 7.25. The van der Waals surface area contributed by atoms with E-state index >= 15 is 0 Å². The molecule has 9 heteroatoms. The van der Waals surface area contributed by atoms with Gasteiger partial charge in [-0.1, -0.05) is 19.9 Å². The summed E-state index contributed by atoms with van der Waals surface area (Å²) >= 11 is 0. The van der Waals surface area contributed by atoms with Gasteiger partial charge in [0.1, 0.15) is 5.82 Å². The van der Waals surface area contributed by atoms with Crippen molar-refractivity contribution < 1.29 is 18.0 Å². The molecule has 1 rings (SSSR count). The highest BCUT2D eigenvalue weighted by Gasteiger charge is 2.34. The second kappa shape index (κ2) is 7.47. The minimum absolute atomic E-state index is 0.0818. The van der Waals surface area contributed by atoms with Gasteiger partial charge in [0.15, 0.2) is 0 Å². The number of halogens is 3. The van der Waals surface area contributed by atoms with Gasteiger partial charge < -0.3 is 10.6 Å². The Bertz CT molecular complexity index is 543. The van der Waals surface area contributed by atoms with Crippen molar-refractivity contribution >= 4 is 11.9 Å². The summed E-state index contributed by atoms with van der Waals surface area (Å²) in [5.74, 6) is 0.00270. The second-order valence-electron chi connectivity index (χ2n) is 5.63. The molecular formula is C14H22F3N5O. The highest BCUT2D eigenvalue weighted by Crippen LogP contribution is 2.27. The van der Waals surface area contributed by atoms with Crippen LogP contribution in [0.15, 0.2) is 12.7 Å². The van der Waals surface area contributed by atoms with E-state index < -0.39 is 30.3 Å². The summed E-state index contributed by atoms with van der Waals surface area (Å²) in [5.41, 5.74) is 4.90. The van der Waals surface area contributed by atoms with Gasteiger partial charge in [0, 0.05) is 24.9 Å². The quantitative estimate of drug-likeness (QED) is 0.715. The van der Waals surface area contributed by atoms with Crippen molar-refractivity contribution in [2.24, 2.45) is 0 Å². The van der Waals surface area contributed by atoms with Gasteiger partial charge in [0.25, 0.3) is 0 Å². The molecule has 1 amide bonds. The number of carbonyl (C=O) groups excluding carboxylic acids is 1. The number of carbonyl (C=O) groups is 1. The van der Waals surface area contributed by atoms with E-state index in [2.05, 4.69) is 21.8 Å². The maximum absolute atomic E-state index is 12.3. The third-order valence-corrected chi connectivity index (χ3v) is 3.72. The number of hydrogen-bond donors (Lipinski definition) is 2. The lowest BCUT2D eigenvalue weighted by atomic mass is 9.86. The number of nitrogen functional groups attached to an aromatic ring is 1. The van der Waals surface area contributed by atoms with Crippen LogP contribution in [0, 0.1) is 0 Å². The van der Waals surface area contributed by atoms with Crippen LogP contribution in [0.25, 0.3) is 0 Å². The first-order chi connectivity index (χ1) is 10.6. The van der Waals surface area contributed by atoms with Crippen LogP contribution in [-0.4, -0.2) is 45.3 Å². The number of nitrogens with two attached hydrogens (primary N) is 1. The van der Waals surface area contributed by atoms with Crippen LogP contribution in [0.5, 0.6) is 0 Å². The van der Waals surface area contributed by atoms with Gasteiger partial charge in [0.05, 0.1) is 6.42 Å². The van der Waals surface area contributed by atoms with Gasteiger partial charge >= 0.3 is 6.18 Å². The number of nitrogens with zero attached hydrogens (tertiary/aromatic N) is 3. The first-order valence-electron chi connectivity index (χ1n) is 7.25. The molecule has 3 N–H and O–H groups in total. The molecule has 23 heavy (non-hydrogen) atoms. The summed E-state index contributed by atoms with van der Waals surface area (Å²) in [6, 6.07) is 0. The molecule has 0 aliphatic carbocycles. The zero-order valence-corrected chi connectivity index (χ0v) is 13.3. The van der Waals surface area contributed by atoms with E-state index in [1.165, 1.54) is 11.0 Å². The Labute approximate surface area is 132 Å². The molecule has 6 nitrogen and oxygen atoms in total. The second-order valence-corrected chi connectivity index (χ2v) is 5.63. The molecule has 1 aromatic rings. The molecule has 130 valence electrons. The van der Waals surface area contributed by atoms with Gasteiger partial charge in [-0.15, -0.1) is 11.7 Å². The van der Waals surface area contributed by atoms with E-state index in [0.29, 0.717) is 12.2 Å². The molecule has 0 spiro atoms.